The van der Waals surface area contributed by atoms with Crippen LogP contribution >= 0.6 is 8.81 Å². The number of carbonyl (C=O) groups is 1. The van der Waals surface area contributed by atoms with E-state index in [4.69, 9.17) is 4.52 Å². The van der Waals surface area contributed by atoms with Crippen LogP contribution < -0.4 is 10.6 Å². The van der Waals surface area contributed by atoms with Crippen LogP contribution in [0.3, 0.4) is 0 Å². The predicted molar refractivity (Wildman–Crippen MR) is 127 cm³/mol. The molecule has 0 aromatic heterocycles. The van der Waals surface area contributed by atoms with Crippen molar-refractivity contribution in [2.45, 2.75) is 45.4 Å². The van der Waals surface area contributed by atoms with Gasteiger partial charge in [0.05, 0.1) is 0 Å². The first-order valence-electron chi connectivity index (χ1n) is 10.1. The Bertz CT molecular complexity index is 858. The van der Waals surface area contributed by atoms with Crippen LogP contribution in [0, 0.1) is 0 Å². The molecule has 0 heterocycles. The van der Waals surface area contributed by atoms with Gasteiger partial charge in [0.2, 0.25) is 5.91 Å². The van der Waals surface area contributed by atoms with Crippen LogP contribution in [-0.4, -0.2) is 45.2 Å². The second-order valence-electron chi connectivity index (χ2n) is 5.80. The number of rotatable bonds is 9. The average molecular weight is 459 g/mol. The third-order valence-corrected chi connectivity index (χ3v) is 5.18. The molecule has 0 aliphatic heterocycles. The zero-order valence-corrected chi connectivity index (χ0v) is 20.3. The van der Waals surface area contributed by atoms with Crippen LogP contribution in [0.2, 0.25) is 0 Å². The minimum atomic E-state index is -4.27. The van der Waals surface area contributed by atoms with Crippen molar-refractivity contribution in [2.75, 3.05) is 31.7 Å². The molecule has 0 aliphatic carbocycles. The summed E-state index contributed by atoms with van der Waals surface area (Å²) in [5, 5.41) is 7.12. The molecule has 0 aliphatic rings. The van der Waals surface area contributed by atoms with Gasteiger partial charge >= 0.3 is 0 Å². The molecule has 1 amide bonds. The lowest BCUT2D eigenvalue weighted by Gasteiger charge is -2.12. The van der Waals surface area contributed by atoms with Gasteiger partial charge in [-0.1, -0.05) is 45.0 Å². The first-order valence-corrected chi connectivity index (χ1v) is 13.0. The monoisotopic (exact) mass is 458 g/mol. The van der Waals surface area contributed by atoms with Crippen molar-refractivity contribution in [3.8, 4) is 0 Å². The van der Waals surface area contributed by atoms with Crippen molar-refractivity contribution < 1.29 is 22.3 Å². The molecule has 7 nitrogen and oxygen atoms in total. The Hall–Kier alpha value is -1.73. The SMILES string of the molecule is CC.CCCC(=O)NCCNc1cccc2c(S(=O)(=O)O)cccc12.CCOPC. The smallest absolute Gasteiger partial charge is 0.295 e. The molecule has 0 spiro atoms. The molecule has 0 radical (unpaired) electrons. The van der Waals surface area contributed by atoms with Crippen molar-refractivity contribution in [3.05, 3.63) is 36.4 Å². The number of nitrogens with one attached hydrogen (secondary N) is 2. The maximum absolute atomic E-state index is 11.4. The van der Waals surface area contributed by atoms with Crippen molar-refractivity contribution in [1.82, 2.24) is 5.32 Å². The molecule has 0 bridgehead atoms. The van der Waals surface area contributed by atoms with Gasteiger partial charge < -0.3 is 15.2 Å². The summed E-state index contributed by atoms with van der Waals surface area (Å²) in [6, 6.07) is 9.92. The Kier molecular flexibility index (Phi) is 15.1. The summed E-state index contributed by atoms with van der Waals surface area (Å²) in [5.74, 6) is 0.0147. The van der Waals surface area contributed by atoms with Crippen molar-refractivity contribution in [3.63, 3.8) is 0 Å². The second-order valence-corrected chi connectivity index (χ2v) is 7.88. The summed E-state index contributed by atoms with van der Waals surface area (Å²) in [4.78, 5) is 11.3. The standard InChI is InChI=1S/C16H20N2O4S.C3H9OP.C2H6/c1-2-5-16(19)18-11-10-17-14-8-3-7-13-12(14)6-4-9-15(13)23(20,21)22;1-3-4-5-2;1-2/h3-4,6-9,17H,2,5,10-11H2,1H3,(H,18,19)(H,20,21,22);5H,3H2,1-2H3;1-2H3. The lowest BCUT2D eigenvalue weighted by Crippen LogP contribution is -2.28. The lowest BCUT2D eigenvalue weighted by atomic mass is 10.1. The van der Waals surface area contributed by atoms with E-state index >= 15 is 0 Å². The third kappa shape index (κ3) is 10.3. The highest BCUT2D eigenvalue weighted by molar-refractivity contribution is 7.86. The quantitative estimate of drug-likeness (QED) is 0.286. The highest BCUT2D eigenvalue weighted by Crippen LogP contribution is 2.28. The minimum Gasteiger partial charge on any atom is -0.383 e. The summed E-state index contributed by atoms with van der Waals surface area (Å²) in [6.07, 6.45) is 1.31. The van der Waals surface area contributed by atoms with Crippen molar-refractivity contribution in [2.24, 2.45) is 0 Å². The van der Waals surface area contributed by atoms with Gasteiger partial charge in [0, 0.05) is 51.4 Å². The Morgan fingerprint density at radius 1 is 1.07 bits per heavy atom. The summed E-state index contributed by atoms with van der Waals surface area (Å²) in [6.45, 7) is 11.8. The number of hydrogen-bond donors (Lipinski definition) is 3. The summed E-state index contributed by atoms with van der Waals surface area (Å²) in [5.41, 5.74) is 0.748. The molecule has 1 atom stereocenters. The number of carbonyl (C=O) groups excluding carboxylic acids is 1. The van der Waals surface area contributed by atoms with Gasteiger partial charge in [-0.2, -0.15) is 8.42 Å². The normalized spacial score (nSPS) is 10.7. The summed E-state index contributed by atoms with van der Waals surface area (Å²) < 4.78 is 37.1. The zero-order valence-electron chi connectivity index (χ0n) is 18.5. The van der Waals surface area contributed by atoms with Gasteiger partial charge in [-0.15, -0.1) is 0 Å². The topological polar surface area (TPSA) is 105 Å². The molecule has 0 saturated heterocycles. The van der Waals surface area contributed by atoms with Crippen LogP contribution in [0.1, 0.15) is 40.5 Å². The molecule has 170 valence electrons. The van der Waals surface area contributed by atoms with Crippen molar-refractivity contribution in [1.29, 1.82) is 0 Å². The van der Waals surface area contributed by atoms with Crippen LogP contribution in [0.5, 0.6) is 0 Å². The van der Waals surface area contributed by atoms with Crippen molar-refractivity contribution >= 4 is 41.3 Å². The van der Waals surface area contributed by atoms with Gasteiger partial charge in [0.1, 0.15) is 4.90 Å². The number of fused-ring (bicyclic) bond motifs is 1. The molecule has 9 heteroatoms. The molecular formula is C21H35N2O5PS. The Morgan fingerprint density at radius 2 is 1.70 bits per heavy atom. The molecular weight excluding hydrogens is 423 g/mol. The van der Waals surface area contributed by atoms with Crippen LogP contribution in [-0.2, 0) is 19.4 Å². The molecule has 3 N–H and O–H groups in total. The fourth-order valence-corrected chi connectivity index (χ4v) is 3.51. The Labute approximate surface area is 182 Å². The fraction of sp³-hybridized carbons (Fsp3) is 0.476. The number of benzene rings is 2. The number of anilines is 1. The fourth-order valence-electron chi connectivity index (χ4n) is 2.52. The predicted octanol–water partition coefficient (Wildman–Crippen LogP) is 4.69. The van der Waals surface area contributed by atoms with Crippen LogP contribution in [0.25, 0.3) is 10.8 Å². The van der Waals surface area contributed by atoms with Gasteiger partial charge in [0.15, 0.2) is 0 Å². The highest BCUT2D eigenvalue weighted by Gasteiger charge is 2.14. The van der Waals surface area contributed by atoms with E-state index in [9.17, 15) is 17.8 Å². The zero-order chi connectivity index (χ0) is 23.0. The van der Waals surface area contributed by atoms with E-state index in [0.29, 0.717) is 39.1 Å². The Morgan fingerprint density at radius 3 is 2.23 bits per heavy atom. The van der Waals surface area contributed by atoms with Gasteiger partial charge in [-0.3, -0.25) is 9.35 Å². The molecule has 1 unspecified atom stereocenters. The lowest BCUT2D eigenvalue weighted by molar-refractivity contribution is -0.121. The van der Waals surface area contributed by atoms with Crippen LogP contribution in [0.4, 0.5) is 5.69 Å². The molecule has 2 aromatic rings. The minimum absolute atomic E-state index is 0.0147. The van der Waals surface area contributed by atoms with E-state index in [1.165, 1.54) is 6.07 Å². The largest absolute Gasteiger partial charge is 0.383 e. The van der Waals surface area contributed by atoms with E-state index in [1.54, 1.807) is 24.3 Å². The first-order chi connectivity index (χ1) is 14.3. The first kappa shape index (κ1) is 28.3. The maximum atomic E-state index is 11.4. The third-order valence-electron chi connectivity index (χ3n) is 3.69. The average Bonchev–Trinajstić information content (AvgIpc) is 2.73. The van der Waals surface area contributed by atoms with E-state index < -0.39 is 10.1 Å². The molecule has 30 heavy (non-hydrogen) atoms. The van der Waals surface area contributed by atoms with E-state index in [1.807, 2.05) is 40.4 Å². The highest BCUT2D eigenvalue weighted by atomic mass is 32.2. The van der Waals surface area contributed by atoms with E-state index in [0.717, 1.165) is 18.7 Å². The molecule has 0 fully saturated rings. The summed E-state index contributed by atoms with van der Waals surface area (Å²) >= 11 is 0. The number of hydrogen-bond acceptors (Lipinski definition) is 5. The summed E-state index contributed by atoms with van der Waals surface area (Å²) in [7, 11) is -3.62. The maximum Gasteiger partial charge on any atom is 0.295 e. The van der Waals surface area contributed by atoms with E-state index in [-0.39, 0.29) is 10.8 Å². The van der Waals surface area contributed by atoms with Gasteiger partial charge in [-0.05, 0) is 32.1 Å². The van der Waals surface area contributed by atoms with E-state index in [2.05, 4.69) is 10.6 Å². The second kappa shape index (κ2) is 16.0. The van der Waals surface area contributed by atoms with Gasteiger partial charge in [0.25, 0.3) is 10.1 Å². The molecule has 2 aromatic carbocycles. The molecule has 2 rings (SSSR count). The van der Waals surface area contributed by atoms with Gasteiger partial charge in [-0.25, -0.2) is 0 Å². The van der Waals surface area contributed by atoms with Crippen LogP contribution in [0.15, 0.2) is 41.3 Å². The Balaban J connectivity index is 0.00000105. The number of amides is 1. The molecule has 0 saturated carbocycles.